The minimum Gasteiger partial charge on any atom is -0.291 e. The van der Waals surface area contributed by atoms with Crippen molar-refractivity contribution in [3.05, 3.63) is 12.3 Å². The van der Waals surface area contributed by atoms with Gasteiger partial charge < -0.3 is 0 Å². The monoisotopic (exact) mass is 165 g/mol. The second-order valence-electron chi connectivity index (χ2n) is 3.37. The molecule has 1 aliphatic heterocycles. The maximum absolute atomic E-state index is 11.6. The predicted molar refractivity (Wildman–Crippen MR) is 50.3 cm³/mol. The van der Waals surface area contributed by atoms with Gasteiger partial charge in [-0.05, 0) is 19.8 Å². The molecule has 1 heterocycles. The van der Waals surface area contributed by atoms with Crippen LogP contribution in [0.2, 0.25) is 0 Å². The molecule has 1 rings (SSSR count). The molecule has 1 atom stereocenters. The van der Waals surface area contributed by atoms with E-state index < -0.39 is 0 Å². The van der Waals surface area contributed by atoms with E-state index in [9.17, 15) is 4.79 Å². The maximum atomic E-state index is 11.6. The van der Waals surface area contributed by atoms with E-state index in [1.165, 1.54) is 0 Å². The third-order valence-corrected chi connectivity index (χ3v) is 2.71. The van der Waals surface area contributed by atoms with Gasteiger partial charge in [0.15, 0.2) is 5.78 Å². The maximum Gasteiger partial charge on any atom is 0.191 e. The van der Waals surface area contributed by atoms with Gasteiger partial charge in [-0.15, -0.1) is 0 Å². The topological polar surface area (TPSA) is 29.4 Å². The van der Waals surface area contributed by atoms with E-state index in [1.54, 1.807) is 0 Å². The number of rotatable bonds is 2. The van der Waals surface area contributed by atoms with Crippen LogP contribution in [0.15, 0.2) is 17.3 Å². The lowest BCUT2D eigenvalue weighted by atomic mass is 9.79. The zero-order valence-electron chi connectivity index (χ0n) is 7.98. The SMILES string of the molecule is C=C1N=C(CC)C(C)(CC)C1=O. The third-order valence-electron chi connectivity index (χ3n) is 2.71. The average molecular weight is 165 g/mol. The van der Waals surface area contributed by atoms with E-state index >= 15 is 0 Å². The lowest BCUT2D eigenvalue weighted by Gasteiger charge is -2.20. The van der Waals surface area contributed by atoms with Crippen LogP contribution in [-0.4, -0.2) is 11.5 Å². The number of Topliss-reactive ketones (excluding diaryl/α,β-unsaturated/α-hetero) is 1. The second-order valence-corrected chi connectivity index (χ2v) is 3.37. The summed E-state index contributed by atoms with van der Waals surface area (Å²) in [7, 11) is 0. The van der Waals surface area contributed by atoms with Gasteiger partial charge in [0.05, 0.1) is 11.1 Å². The van der Waals surface area contributed by atoms with Crippen molar-refractivity contribution in [2.45, 2.75) is 33.6 Å². The summed E-state index contributed by atoms with van der Waals surface area (Å²) in [6, 6.07) is 0. The van der Waals surface area contributed by atoms with E-state index in [0.717, 1.165) is 18.6 Å². The van der Waals surface area contributed by atoms with Crippen LogP contribution < -0.4 is 0 Å². The first-order chi connectivity index (χ1) is 5.56. The Kier molecular flexibility index (Phi) is 2.18. The molecular formula is C10H15NO. The summed E-state index contributed by atoms with van der Waals surface area (Å²) < 4.78 is 0. The minimum atomic E-state index is -0.355. The number of nitrogens with zero attached hydrogens (tertiary/aromatic N) is 1. The summed E-state index contributed by atoms with van der Waals surface area (Å²) in [4.78, 5) is 15.8. The van der Waals surface area contributed by atoms with Gasteiger partial charge in [0, 0.05) is 5.71 Å². The smallest absolute Gasteiger partial charge is 0.191 e. The summed E-state index contributed by atoms with van der Waals surface area (Å²) in [6.45, 7) is 9.64. The van der Waals surface area contributed by atoms with Gasteiger partial charge in [0.25, 0.3) is 0 Å². The molecule has 0 N–H and O–H groups in total. The summed E-state index contributed by atoms with van der Waals surface area (Å²) in [5, 5.41) is 0. The van der Waals surface area contributed by atoms with Crippen LogP contribution in [0.3, 0.4) is 0 Å². The van der Waals surface area contributed by atoms with Crippen molar-refractivity contribution < 1.29 is 4.79 Å². The fourth-order valence-corrected chi connectivity index (χ4v) is 1.62. The normalized spacial score (nSPS) is 29.4. The molecule has 0 spiro atoms. The van der Waals surface area contributed by atoms with Crippen LogP contribution in [0.1, 0.15) is 33.6 Å². The number of hydrogen-bond donors (Lipinski definition) is 0. The Hall–Kier alpha value is -0.920. The fourth-order valence-electron chi connectivity index (χ4n) is 1.62. The number of ketones is 1. The molecule has 12 heavy (non-hydrogen) atoms. The first-order valence-electron chi connectivity index (χ1n) is 4.38. The van der Waals surface area contributed by atoms with E-state index in [0.29, 0.717) is 5.70 Å². The third kappa shape index (κ3) is 1.02. The van der Waals surface area contributed by atoms with E-state index in [-0.39, 0.29) is 11.2 Å². The van der Waals surface area contributed by atoms with Crippen LogP contribution in [0, 0.1) is 5.41 Å². The van der Waals surface area contributed by atoms with Crippen molar-refractivity contribution in [1.82, 2.24) is 0 Å². The molecular weight excluding hydrogens is 150 g/mol. The average Bonchev–Trinajstić information content (AvgIpc) is 2.30. The molecule has 0 bridgehead atoms. The highest BCUT2D eigenvalue weighted by Crippen LogP contribution is 2.35. The Bertz CT molecular complexity index is 265. The zero-order chi connectivity index (χ0) is 9.35. The van der Waals surface area contributed by atoms with Crippen LogP contribution in [-0.2, 0) is 4.79 Å². The molecule has 0 aliphatic carbocycles. The van der Waals surface area contributed by atoms with Gasteiger partial charge in [0.1, 0.15) is 0 Å². The predicted octanol–water partition coefficient (Wildman–Crippen LogP) is 2.35. The number of aliphatic imine (C=N–C) groups is 1. The fraction of sp³-hybridized carbons (Fsp3) is 0.600. The molecule has 0 radical (unpaired) electrons. The number of carbonyl (C=O) groups excluding carboxylic acids is 1. The summed E-state index contributed by atoms with van der Waals surface area (Å²) >= 11 is 0. The molecule has 0 fully saturated rings. The molecule has 2 nitrogen and oxygen atoms in total. The summed E-state index contributed by atoms with van der Waals surface area (Å²) in [6.07, 6.45) is 1.66. The number of allylic oxidation sites excluding steroid dienone is 1. The highest BCUT2D eigenvalue weighted by atomic mass is 16.1. The molecule has 1 unspecified atom stereocenters. The van der Waals surface area contributed by atoms with Crippen molar-refractivity contribution in [2.75, 3.05) is 0 Å². The van der Waals surface area contributed by atoms with Gasteiger partial charge in [-0.25, -0.2) is 0 Å². The quantitative estimate of drug-likeness (QED) is 0.577. The lowest BCUT2D eigenvalue weighted by molar-refractivity contribution is -0.120. The van der Waals surface area contributed by atoms with Crippen molar-refractivity contribution in [3.8, 4) is 0 Å². The first kappa shape index (κ1) is 9.17. The second kappa shape index (κ2) is 2.85. The molecule has 1 aliphatic rings. The highest BCUT2D eigenvalue weighted by molar-refractivity contribution is 6.20. The van der Waals surface area contributed by atoms with Crippen LogP contribution in [0.5, 0.6) is 0 Å². The molecule has 0 saturated heterocycles. The van der Waals surface area contributed by atoms with Crippen LogP contribution in [0.25, 0.3) is 0 Å². The van der Waals surface area contributed by atoms with Gasteiger partial charge in [0.2, 0.25) is 0 Å². The highest BCUT2D eigenvalue weighted by Gasteiger charge is 2.41. The van der Waals surface area contributed by atoms with Crippen molar-refractivity contribution in [3.63, 3.8) is 0 Å². The molecule has 0 aromatic carbocycles. The molecule has 0 amide bonds. The van der Waals surface area contributed by atoms with Gasteiger partial charge >= 0.3 is 0 Å². The molecule has 0 aromatic rings. The Morgan fingerprint density at radius 2 is 2.08 bits per heavy atom. The van der Waals surface area contributed by atoms with Gasteiger partial charge in [-0.3, -0.25) is 9.79 Å². The Balaban J connectivity index is 3.09. The minimum absolute atomic E-state index is 0.0989. The number of carbonyl (C=O) groups is 1. The van der Waals surface area contributed by atoms with E-state index in [2.05, 4.69) is 11.6 Å². The van der Waals surface area contributed by atoms with Crippen molar-refractivity contribution in [2.24, 2.45) is 10.4 Å². The Morgan fingerprint density at radius 1 is 1.50 bits per heavy atom. The van der Waals surface area contributed by atoms with E-state index in [1.807, 2.05) is 20.8 Å². The summed E-state index contributed by atoms with van der Waals surface area (Å²) in [5.74, 6) is 0.0989. The molecule has 66 valence electrons. The van der Waals surface area contributed by atoms with Crippen LogP contribution >= 0.6 is 0 Å². The Morgan fingerprint density at radius 3 is 2.42 bits per heavy atom. The first-order valence-corrected chi connectivity index (χ1v) is 4.38. The lowest BCUT2D eigenvalue weighted by Crippen LogP contribution is -2.30. The number of hydrogen-bond acceptors (Lipinski definition) is 2. The molecule has 2 heteroatoms. The zero-order valence-corrected chi connectivity index (χ0v) is 7.98. The largest absolute Gasteiger partial charge is 0.291 e. The van der Waals surface area contributed by atoms with Crippen molar-refractivity contribution in [1.29, 1.82) is 0 Å². The van der Waals surface area contributed by atoms with Crippen molar-refractivity contribution >= 4 is 11.5 Å². The summed E-state index contributed by atoms with van der Waals surface area (Å²) in [5.41, 5.74) is 1.06. The van der Waals surface area contributed by atoms with E-state index in [4.69, 9.17) is 0 Å². The standard InChI is InChI=1S/C10H15NO/c1-5-8-10(4,6-2)9(12)7(3)11-8/h3,5-6H2,1-2,4H3. The molecule has 0 saturated carbocycles. The Labute approximate surface area is 73.4 Å². The van der Waals surface area contributed by atoms with Gasteiger partial charge in [-0.2, -0.15) is 0 Å². The van der Waals surface area contributed by atoms with Gasteiger partial charge in [-0.1, -0.05) is 20.4 Å². The van der Waals surface area contributed by atoms with Crippen LogP contribution in [0.4, 0.5) is 0 Å². The molecule has 0 aromatic heterocycles.